The van der Waals surface area contributed by atoms with Crippen molar-refractivity contribution in [3.63, 3.8) is 0 Å². The lowest BCUT2D eigenvalue weighted by Crippen LogP contribution is -2.55. The Balaban J connectivity index is 4.80. The Bertz CT molecular complexity index is 317. The summed E-state index contributed by atoms with van der Waals surface area (Å²) in [5.41, 5.74) is 0. The van der Waals surface area contributed by atoms with E-state index in [0.29, 0.717) is 6.04 Å². The molecule has 0 aromatic carbocycles. The fourth-order valence-electron chi connectivity index (χ4n) is 3.27. The molecule has 0 saturated carbocycles. The molecular weight excluding hydrogens is 314 g/mol. The Kier molecular flexibility index (Phi) is 13.8. The van der Waals surface area contributed by atoms with Crippen LogP contribution in [-0.4, -0.2) is 76.4 Å². The first-order valence-electron chi connectivity index (χ1n) is 10.6. The third-order valence-corrected chi connectivity index (χ3v) is 5.29. The Hall–Kier alpha value is -0.200. The van der Waals surface area contributed by atoms with Gasteiger partial charge in [-0.15, -0.1) is 0 Å². The van der Waals surface area contributed by atoms with E-state index in [1.807, 2.05) is 0 Å². The van der Waals surface area contributed by atoms with Gasteiger partial charge in [0.15, 0.2) is 0 Å². The molecule has 0 aromatic heterocycles. The zero-order valence-corrected chi connectivity index (χ0v) is 17.9. The summed E-state index contributed by atoms with van der Waals surface area (Å²) >= 11 is 0. The van der Waals surface area contributed by atoms with Gasteiger partial charge in [0, 0.05) is 19.1 Å². The second-order valence-corrected chi connectivity index (χ2v) is 7.73. The van der Waals surface area contributed by atoms with Crippen molar-refractivity contribution >= 4 is 0 Å². The van der Waals surface area contributed by atoms with Crippen molar-refractivity contribution in [2.75, 3.05) is 39.3 Å². The van der Waals surface area contributed by atoms with E-state index in [0.717, 1.165) is 71.4 Å². The summed E-state index contributed by atoms with van der Waals surface area (Å²) in [4.78, 5) is 2.45. The normalized spacial score (nSPS) is 17.0. The summed E-state index contributed by atoms with van der Waals surface area (Å²) in [7, 11) is 0. The van der Waals surface area contributed by atoms with Gasteiger partial charge in [-0.2, -0.15) is 9.71 Å². The van der Waals surface area contributed by atoms with Gasteiger partial charge < -0.3 is 5.21 Å². The summed E-state index contributed by atoms with van der Waals surface area (Å²) in [6.45, 7) is 17.9. The molecule has 0 radical (unpaired) electrons. The van der Waals surface area contributed by atoms with Crippen LogP contribution in [-0.2, 0) is 0 Å². The summed E-state index contributed by atoms with van der Waals surface area (Å²) in [5, 5.41) is 22.7. The van der Waals surface area contributed by atoms with Crippen LogP contribution in [0.3, 0.4) is 0 Å². The number of hydrogen-bond donors (Lipinski definition) is 2. The zero-order valence-electron chi connectivity index (χ0n) is 17.9. The number of quaternary nitrogens is 1. The number of unbranched alkanes of at least 4 members (excludes halogenated alkanes) is 3. The molecule has 0 fully saturated rings. The third kappa shape index (κ3) is 10.5. The van der Waals surface area contributed by atoms with Gasteiger partial charge in [-0.3, -0.25) is 4.90 Å². The summed E-state index contributed by atoms with van der Waals surface area (Å²) in [6, 6.07) is 0.416. The minimum atomic E-state index is 0.115. The number of hydroxylamine groups is 5. The van der Waals surface area contributed by atoms with E-state index in [1.54, 1.807) is 0 Å². The summed E-state index contributed by atoms with van der Waals surface area (Å²) < 4.78 is 0.157. The average Bonchev–Trinajstić information content (AvgIpc) is 2.60. The van der Waals surface area contributed by atoms with Crippen LogP contribution in [0.25, 0.3) is 0 Å². The van der Waals surface area contributed by atoms with Crippen LogP contribution < -0.4 is 0 Å². The maximum Gasteiger partial charge on any atom is 0.124 e. The molecule has 5 heteroatoms. The van der Waals surface area contributed by atoms with Gasteiger partial charge in [-0.1, -0.05) is 40.0 Å². The van der Waals surface area contributed by atoms with E-state index in [1.165, 1.54) is 11.5 Å². The van der Waals surface area contributed by atoms with E-state index in [9.17, 15) is 10.4 Å². The van der Waals surface area contributed by atoms with Crippen molar-refractivity contribution < 1.29 is 15.1 Å². The van der Waals surface area contributed by atoms with Crippen LogP contribution in [0.2, 0.25) is 0 Å². The van der Waals surface area contributed by atoms with Crippen LogP contribution in [0, 0.1) is 0 Å². The van der Waals surface area contributed by atoms with Gasteiger partial charge in [-0.05, 0) is 46.6 Å². The van der Waals surface area contributed by atoms with Crippen molar-refractivity contribution in [2.24, 2.45) is 0 Å². The molecule has 0 rings (SSSR count). The molecule has 2 N–H and O–H groups in total. The van der Waals surface area contributed by atoms with Crippen LogP contribution in [0.1, 0.15) is 80.1 Å². The Morgan fingerprint density at radius 1 is 0.840 bits per heavy atom. The molecule has 0 bridgehead atoms. The molecule has 25 heavy (non-hydrogen) atoms. The van der Waals surface area contributed by atoms with Crippen LogP contribution in [0.4, 0.5) is 0 Å². The fraction of sp³-hybridized carbons (Fsp3) is 1.00. The minimum absolute atomic E-state index is 0.115. The molecule has 0 saturated heterocycles. The van der Waals surface area contributed by atoms with Crippen LogP contribution in [0.5, 0.6) is 0 Å². The largest absolute Gasteiger partial charge is 0.314 e. The van der Waals surface area contributed by atoms with Crippen molar-refractivity contribution in [3.8, 4) is 0 Å². The second-order valence-electron chi connectivity index (χ2n) is 7.73. The average molecular weight is 361 g/mol. The number of hydrogen-bond acceptors (Lipinski definition) is 4. The molecular formula is C20H46N3O2+. The lowest BCUT2D eigenvalue weighted by Gasteiger charge is -2.38. The van der Waals surface area contributed by atoms with Gasteiger partial charge in [-0.25, -0.2) is 5.21 Å². The molecule has 0 aliphatic carbocycles. The Morgan fingerprint density at radius 2 is 1.40 bits per heavy atom. The molecule has 0 heterocycles. The van der Waals surface area contributed by atoms with E-state index >= 15 is 0 Å². The quantitative estimate of drug-likeness (QED) is 0.317. The molecule has 0 amide bonds. The highest BCUT2D eigenvalue weighted by atomic mass is 16.5. The van der Waals surface area contributed by atoms with Crippen LogP contribution in [0.15, 0.2) is 0 Å². The monoisotopic (exact) mass is 360 g/mol. The molecule has 0 aliphatic rings. The molecule has 0 aromatic rings. The lowest BCUT2D eigenvalue weighted by atomic mass is 10.1. The summed E-state index contributed by atoms with van der Waals surface area (Å²) in [5.74, 6) is 0. The highest BCUT2D eigenvalue weighted by molar-refractivity contribution is 4.73. The van der Waals surface area contributed by atoms with Gasteiger partial charge in [0.1, 0.15) is 19.6 Å². The van der Waals surface area contributed by atoms with Crippen molar-refractivity contribution in [3.05, 3.63) is 0 Å². The molecule has 152 valence electrons. The first-order chi connectivity index (χ1) is 11.8. The molecule has 3 unspecified atom stereocenters. The Morgan fingerprint density at radius 3 is 1.92 bits per heavy atom. The van der Waals surface area contributed by atoms with Crippen molar-refractivity contribution in [1.82, 2.24) is 9.96 Å². The SMILES string of the molecule is CCCCN(O)C(C)CN(CCCC)C(C)C[N+](O)(CC)CCCC. The number of rotatable bonds is 16. The third-order valence-electron chi connectivity index (χ3n) is 5.29. The highest BCUT2D eigenvalue weighted by Gasteiger charge is 2.29. The van der Waals surface area contributed by atoms with Gasteiger partial charge in [0.2, 0.25) is 0 Å². The molecule has 5 nitrogen and oxygen atoms in total. The van der Waals surface area contributed by atoms with Gasteiger partial charge in [0.05, 0.1) is 6.04 Å². The van der Waals surface area contributed by atoms with Crippen molar-refractivity contribution in [1.29, 1.82) is 0 Å². The number of likely N-dealkylation sites (N-methyl/N-ethyl adjacent to an activating group) is 1. The highest BCUT2D eigenvalue weighted by Crippen LogP contribution is 2.13. The first-order valence-corrected chi connectivity index (χ1v) is 10.6. The smallest absolute Gasteiger partial charge is 0.124 e. The maximum absolute atomic E-state index is 10.9. The molecule has 0 spiro atoms. The van der Waals surface area contributed by atoms with Crippen LogP contribution >= 0.6 is 0 Å². The number of nitrogens with zero attached hydrogens (tertiary/aromatic N) is 3. The summed E-state index contributed by atoms with van der Waals surface area (Å²) in [6.07, 6.45) is 6.61. The van der Waals surface area contributed by atoms with E-state index in [4.69, 9.17) is 0 Å². The van der Waals surface area contributed by atoms with Crippen molar-refractivity contribution in [2.45, 2.75) is 92.2 Å². The second kappa shape index (κ2) is 13.9. The van der Waals surface area contributed by atoms with Gasteiger partial charge in [0.25, 0.3) is 0 Å². The van der Waals surface area contributed by atoms with E-state index in [2.05, 4.69) is 46.4 Å². The standard InChI is InChI=1S/C20H46N3O2/c1-7-11-14-21(17-19(5)22(24)15-12-8-2)20(6)18-23(25,10-4)16-13-9-3/h19-20,24-25H,7-18H2,1-6H3/q+1. The first kappa shape index (κ1) is 24.8. The minimum Gasteiger partial charge on any atom is -0.314 e. The fourth-order valence-corrected chi connectivity index (χ4v) is 3.27. The molecule has 3 atom stereocenters. The predicted molar refractivity (Wildman–Crippen MR) is 106 cm³/mol. The van der Waals surface area contributed by atoms with E-state index in [-0.39, 0.29) is 10.7 Å². The molecule has 0 aliphatic heterocycles. The maximum atomic E-state index is 10.9. The zero-order chi connectivity index (χ0) is 19.3. The Labute approximate surface area is 157 Å². The lowest BCUT2D eigenvalue weighted by molar-refractivity contribution is -1.10. The predicted octanol–water partition coefficient (Wildman–Crippen LogP) is 4.38. The van der Waals surface area contributed by atoms with E-state index < -0.39 is 0 Å². The topological polar surface area (TPSA) is 46.9 Å². The van der Waals surface area contributed by atoms with Gasteiger partial charge >= 0.3 is 0 Å².